The van der Waals surface area contributed by atoms with Crippen LogP contribution in [0.4, 0.5) is 8.78 Å². The van der Waals surface area contributed by atoms with Crippen molar-refractivity contribution >= 4 is 5.91 Å². The quantitative estimate of drug-likeness (QED) is 0.654. The van der Waals surface area contributed by atoms with E-state index in [1.807, 2.05) is 60.7 Å². The summed E-state index contributed by atoms with van der Waals surface area (Å²) in [5.41, 5.74) is 1.58. The molecule has 0 aromatic heterocycles. The molecule has 3 aromatic carbocycles. The number of carbonyl (C=O) groups excluding carboxylic acids is 1. The molecule has 0 bridgehead atoms. The number of halogens is 2. The first-order valence-electron chi connectivity index (χ1n) is 7.96. The fourth-order valence-corrected chi connectivity index (χ4v) is 2.65. The van der Waals surface area contributed by atoms with E-state index in [-0.39, 0.29) is 5.56 Å². The normalized spacial score (nSPS) is 10.5. The van der Waals surface area contributed by atoms with Gasteiger partial charge in [-0.3, -0.25) is 4.79 Å². The lowest BCUT2D eigenvalue weighted by atomic mass is 10.1. The minimum absolute atomic E-state index is 0.258. The van der Waals surface area contributed by atoms with E-state index < -0.39 is 17.5 Å². The highest BCUT2D eigenvalue weighted by Gasteiger charge is 2.21. The number of hydrogen-bond acceptors (Lipinski definition) is 1. The van der Waals surface area contributed by atoms with Gasteiger partial charge in [-0.15, -0.1) is 0 Å². The predicted octanol–water partition coefficient (Wildman–Crippen LogP) is 4.81. The van der Waals surface area contributed by atoms with Gasteiger partial charge in [0.1, 0.15) is 0 Å². The molecular formula is C21H17F2NO. The first-order chi connectivity index (χ1) is 12.1. The molecule has 0 spiro atoms. The lowest BCUT2D eigenvalue weighted by Crippen LogP contribution is -2.31. The Morgan fingerprint density at radius 3 is 1.76 bits per heavy atom. The number of amides is 1. The van der Waals surface area contributed by atoms with Gasteiger partial charge in [-0.25, -0.2) is 8.78 Å². The van der Waals surface area contributed by atoms with E-state index in [1.165, 1.54) is 17.0 Å². The van der Waals surface area contributed by atoms with Crippen molar-refractivity contribution in [2.45, 2.75) is 13.1 Å². The smallest absolute Gasteiger partial charge is 0.257 e. The molecule has 0 fully saturated rings. The zero-order chi connectivity index (χ0) is 17.6. The van der Waals surface area contributed by atoms with Crippen LogP contribution in [-0.4, -0.2) is 10.8 Å². The Morgan fingerprint density at radius 2 is 1.24 bits per heavy atom. The van der Waals surface area contributed by atoms with Crippen molar-refractivity contribution in [2.75, 3.05) is 0 Å². The molecule has 0 aliphatic heterocycles. The Morgan fingerprint density at radius 1 is 0.720 bits per heavy atom. The average Bonchev–Trinajstić information content (AvgIpc) is 2.65. The molecule has 0 unspecified atom stereocenters. The van der Waals surface area contributed by atoms with Crippen LogP contribution in [-0.2, 0) is 13.1 Å². The lowest BCUT2D eigenvalue weighted by molar-refractivity contribution is 0.0724. The van der Waals surface area contributed by atoms with E-state index in [0.29, 0.717) is 13.1 Å². The maximum absolute atomic E-state index is 14.1. The van der Waals surface area contributed by atoms with Crippen molar-refractivity contribution in [3.63, 3.8) is 0 Å². The number of carbonyl (C=O) groups is 1. The molecular weight excluding hydrogens is 320 g/mol. The fourth-order valence-electron chi connectivity index (χ4n) is 2.65. The third kappa shape index (κ3) is 4.10. The zero-order valence-electron chi connectivity index (χ0n) is 13.5. The summed E-state index contributed by atoms with van der Waals surface area (Å²) >= 11 is 0. The van der Waals surface area contributed by atoms with Crippen molar-refractivity contribution in [2.24, 2.45) is 0 Å². The molecule has 3 aromatic rings. The van der Waals surface area contributed by atoms with Crippen LogP contribution in [0.5, 0.6) is 0 Å². The van der Waals surface area contributed by atoms with Crippen molar-refractivity contribution in [1.29, 1.82) is 0 Å². The minimum atomic E-state index is -1.11. The first-order valence-corrected chi connectivity index (χ1v) is 7.96. The number of nitrogens with zero attached hydrogens (tertiary/aromatic N) is 1. The van der Waals surface area contributed by atoms with Crippen LogP contribution in [0.2, 0.25) is 0 Å². The van der Waals surface area contributed by atoms with Gasteiger partial charge in [-0.05, 0) is 23.3 Å². The van der Waals surface area contributed by atoms with Crippen LogP contribution in [0, 0.1) is 11.6 Å². The highest BCUT2D eigenvalue weighted by molar-refractivity contribution is 5.94. The standard InChI is InChI=1S/C21H17F2NO/c22-19-13-7-12-18(20(19)23)21(25)24(14-16-8-3-1-4-9-16)15-17-10-5-2-6-11-17/h1-13H,14-15H2. The second-order valence-electron chi connectivity index (χ2n) is 5.73. The minimum Gasteiger partial charge on any atom is -0.330 e. The molecule has 0 saturated carbocycles. The van der Waals surface area contributed by atoms with Crippen LogP contribution < -0.4 is 0 Å². The highest BCUT2D eigenvalue weighted by Crippen LogP contribution is 2.18. The number of hydrogen-bond donors (Lipinski definition) is 0. The lowest BCUT2D eigenvalue weighted by Gasteiger charge is -2.23. The number of benzene rings is 3. The van der Waals surface area contributed by atoms with Gasteiger partial charge in [0.05, 0.1) is 5.56 Å². The summed E-state index contributed by atoms with van der Waals surface area (Å²) < 4.78 is 27.6. The molecule has 0 saturated heterocycles. The molecule has 126 valence electrons. The number of rotatable bonds is 5. The summed E-state index contributed by atoms with van der Waals surface area (Å²) in [4.78, 5) is 14.4. The zero-order valence-corrected chi connectivity index (χ0v) is 13.5. The third-order valence-electron chi connectivity index (χ3n) is 3.90. The summed E-state index contributed by atoms with van der Waals surface area (Å²) in [5, 5.41) is 0. The van der Waals surface area contributed by atoms with E-state index in [2.05, 4.69) is 0 Å². The Labute approximate surface area is 145 Å². The van der Waals surface area contributed by atoms with Gasteiger partial charge in [-0.1, -0.05) is 66.7 Å². The van der Waals surface area contributed by atoms with Gasteiger partial charge in [0.15, 0.2) is 11.6 Å². The van der Waals surface area contributed by atoms with Gasteiger partial charge in [-0.2, -0.15) is 0 Å². The van der Waals surface area contributed by atoms with Gasteiger partial charge in [0, 0.05) is 13.1 Å². The van der Waals surface area contributed by atoms with E-state index in [1.54, 1.807) is 0 Å². The summed E-state index contributed by atoms with van der Waals surface area (Å²) in [7, 11) is 0. The monoisotopic (exact) mass is 337 g/mol. The molecule has 25 heavy (non-hydrogen) atoms. The van der Waals surface area contributed by atoms with Gasteiger partial charge >= 0.3 is 0 Å². The maximum atomic E-state index is 14.1. The molecule has 1 amide bonds. The topological polar surface area (TPSA) is 20.3 Å². The molecule has 0 atom stereocenters. The van der Waals surface area contributed by atoms with Crippen molar-refractivity contribution < 1.29 is 13.6 Å². The van der Waals surface area contributed by atoms with Gasteiger partial charge in [0.2, 0.25) is 0 Å². The largest absolute Gasteiger partial charge is 0.330 e. The van der Waals surface area contributed by atoms with Crippen molar-refractivity contribution in [3.8, 4) is 0 Å². The Kier molecular flexibility index (Phi) is 5.19. The Bertz CT molecular complexity index is 809. The average molecular weight is 337 g/mol. The van der Waals surface area contributed by atoms with Crippen LogP contribution >= 0.6 is 0 Å². The van der Waals surface area contributed by atoms with Crippen LogP contribution in [0.1, 0.15) is 21.5 Å². The van der Waals surface area contributed by atoms with Crippen LogP contribution in [0.3, 0.4) is 0 Å². The van der Waals surface area contributed by atoms with Crippen molar-refractivity contribution in [3.05, 3.63) is 107 Å². The molecule has 4 heteroatoms. The van der Waals surface area contributed by atoms with Gasteiger partial charge in [0.25, 0.3) is 5.91 Å². The molecule has 0 heterocycles. The summed E-state index contributed by atoms with van der Waals surface area (Å²) in [6.45, 7) is 0.620. The van der Waals surface area contributed by atoms with Crippen LogP contribution in [0.25, 0.3) is 0 Å². The fraction of sp³-hybridized carbons (Fsp3) is 0.0952. The van der Waals surface area contributed by atoms with E-state index >= 15 is 0 Å². The van der Waals surface area contributed by atoms with E-state index in [4.69, 9.17) is 0 Å². The Balaban J connectivity index is 1.92. The molecule has 0 N–H and O–H groups in total. The Hall–Kier alpha value is -3.01. The van der Waals surface area contributed by atoms with Gasteiger partial charge < -0.3 is 4.90 Å². The maximum Gasteiger partial charge on any atom is 0.257 e. The second-order valence-corrected chi connectivity index (χ2v) is 5.73. The van der Waals surface area contributed by atoms with Crippen molar-refractivity contribution in [1.82, 2.24) is 4.90 Å². The third-order valence-corrected chi connectivity index (χ3v) is 3.90. The highest BCUT2D eigenvalue weighted by atomic mass is 19.2. The van der Waals surface area contributed by atoms with E-state index in [0.717, 1.165) is 17.2 Å². The molecule has 2 nitrogen and oxygen atoms in total. The summed E-state index contributed by atoms with van der Waals surface area (Å²) in [5.74, 6) is -2.67. The molecule has 0 aliphatic carbocycles. The van der Waals surface area contributed by atoms with Crippen LogP contribution in [0.15, 0.2) is 78.9 Å². The summed E-state index contributed by atoms with van der Waals surface area (Å²) in [6, 6.07) is 22.5. The molecule has 0 radical (unpaired) electrons. The predicted molar refractivity (Wildman–Crippen MR) is 92.8 cm³/mol. The molecule has 0 aliphatic rings. The van der Waals surface area contributed by atoms with E-state index in [9.17, 15) is 13.6 Å². The SMILES string of the molecule is O=C(c1cccc(F)c1F)N(Cc1ccccc1)Cc1ccccc1. The summed E-state index contributed by atoms with van der Waals surface area (Å²) in [6.07, 6.45) is 0. The second kappa shape index (κ2) is 7.71. The molecule has 3 rings (SSSR count). The first kappa shape index (κ1) is 16.8.